The van der Waals surface area contributed by atoms with Crippen molar-refractivity contribution < 1.29 is 14.3 Å². The Morgan fingerprint density at radius 2 is 1.77 bits per heavy atom. The predicted molar refractivity (Wildman–Crippen MR) is 89.1 cm³/mol. The monoisotopic (exact) mass is 300 g/mol. The number of benzene rings is 2. The quantitative estimate of drug-likeness (QED) is 0.594. The van der Waals surface area contributed by atoms with Crippen molar-refractivity contribution in [3.05, 3.63) is 42.0 Å². The Morgan fingerprint density at radius 1 is 1.14 bits per heavy atom. The molecule has 118 valence electrons. The molecule has 0 bridgehead atoms. The number of ether oxygens (including phenoxy) is 2. The number of carbonyl (C=O) groups excluding carboxylic acids is 1. The Hall–Kier alpha value is -1.87. The molecule has 1 atom stereocenters. The minimum Gasteiger partial charge on any atom is -0.426 e. The van der Waals surface area contributed by atoms with Gasteiger partial charge in [-0.3, -0.25) is 4.79 Å². The molecule has 3 nitrogen and oxygen atoms in total. The first-order valence-electron chi connectivity index (χ1n) is 7.68. The van der Waals surface area contributed by atoms with E-state index in [0.717, 1.165) is 22.8 Å². The van der Waals surface area contributed by atoms with Gasteiger partial charge in [-0.25, -0.2) is 0 Å². The maximum Gasteiger partial charge on any atom is 0.314 e. The number of rotatable bonds is 5. The van der Waals surface area contributed by atoms with Crippen molar-refractivity contribution >= 4 is 16.7 Å². The maximum atomic E-state index is 11.9. The fourth-order valence-corrected chi connectivity index (χ4v) is 2.16. The van der Waals surface area contributed by atoms with E-state index in [1.54, 1.807) is 7.11 Å². The molecule has 0 aliphatic carbocycles. The van der Waals surface area contributed by atoms with Gasteiger partial charge in [0.15, 0.2) is 0 Å². The molecule has 2 aromatic carbocycles. The molecule has 22 heavy (non-hydrogen) atoms. The molecule has 0 fully saturated rings. The van der Waals surface area contributed by atoms with E-state index in [-0.39, 0.29) is 17.5 Å². The summed E-state index contributed by atoms with van der Waals surface area (Å²) in [4.78, 5) is 11.9. The van der Waals surface area contributed by atoms with Gasteiger partial charge in [0.25, 0.3) is 0 Å². The van der Waals surface area contributed by atoms with Crippen LogP contribution in [-0.2, 0) is 15.1 Å². The molecule has 2 aromatic rings. The van der Waals surface area contributed by atoms with E-state index in [1.807, 2.05) is 58.0 Å². The Morgan fingerprint density at radius 3 is 2.41 bits per heavy atom. The number of methoxy groups -OCH3 is 1. The smallest absolute Gasteiger partial charge is 0.314 e. The molecule has 0 amide bonds. The summed E-state index contributed by atoms with van der Waals surface area (Å²) in [5.74, 6) is 0.330. The third-order valence-corrected chi connectivity index (χ3v) is 4.25. The second kappa shape index (κ2) is 6.49. The summed E-state index contributed by atoms with van der Waals surface area (Å²) in [6.45, 7) is 7.93. The average Bonchev–Trinajstić information content (AvgIpc) is 2.53. The van der Waals surface area contributed by atoms with Crippen LogP contribution in [0.2, 0.25) is 0 Å². The minimum atomic E-state index is -0.324. The second-order valence-electron chi connectivity index (χ2n) is 6.17. The molecule has 0 aliphatic rings. The molecular formula is C19H24O3. The molecule has 2 rings (SSSR count). The molecule has 3 heteroatoms. The number of fused-ring (bicyclic) bond motifs is 1. The molecule has 0 aromatic heterocycles. The van der Waals surface area contributed by atoms with Gasteiger partial charge in [-0.1, -0.05) is 32.0 Å². The fraction of sp³-hybridized carbons (Fsp3) is 0.421. The highest BCUT2D eigenvalue weighted by Crippen LogP contribution is 2.29. The van der Waals surface area contributed by atoms with Gasteiger partial charge in [0.05, 0.1) is 11.5 Å². The highest BCUT2D eigenvalue weighted by molar-refractivity contribution is 5.85. The van der Waals surface area contributed by atoms with E-state index in [4.69, 9.17) is 9.47 Å². The van der Waals surface area contributed by atoms with Crippen LogP contribution in [0.1, 0.15) is 39.7 Å². The van der Waals surface area contributed by atoms with Gasteiger partial charge in [-0.15, -0.1) is 0 Å². The highest BCUT2D eigenvalue weighted by atomic mass is 16.5. The van der Waals surface area contributed by atoms with Crippen molar-refractivity contribution in [1.82, 2.24) is 0 Å². The van der Waals surface area contributed by atoms with Gasteiger partial charge in [-0.2, -0.15) is 0 Å². The van der Waals surface area contributed by atoms with Crippen LogP contribution in [0, 0.1) is 5.92 Å². The molecular weight excluding hydrogens is 276 g/mol. The van der Waals surface area contributed by atoms with Crippen LogP contribution < -0.4 is 4.74 Å². The zero-order valence-electron chi connectivity index (χ0n) is 14.0. The van der Waals surface area contributed by atoms with Crippen LogP contribution in [0.25, 0.3) is 10.8 Å². The van der Waals surface area contributed by atoms with Crippen LogP contribution in [0.4, 0.5) is 0 Å². The lowest BCUT2D eigenvalue weighted by molar-refractivity contribution is -0.138. The van der Waals surface area contributed by atoms with E-state index in [9.17, 15) is 4.79 Å². The minimum absolute atomic E-state index is 0.0828. The Labute approximate surface area is 132 Å². The van der Waals surface area contributed by atoms with Gasteiger partial charge in [0.2, 0.25) is 0 Å². The lowest BCUT2D eigenvalue weighted by Gasteiger charge is -2.23. The summed E-state index contributed by atoms with van der Waals surface area (Å²) in [5.41, 5.74) is 0.794. The fourth-order valence-electron chi connectivity index (χ4n) is 2.16. The lowest BCUT2D eigenvalue weighted by Crippen LogP contribution is -2.19. The largest absolute Gasteiger partial charge is 0.426 e. The van der Waals surface area contributed by atoms with Crippen molar-refractivity contribution in [3.8, 4) is 5.75 Å². The molecule has 0 radical (unpaired) electrons. The van der Waals surface area contributed by atoms with Gasteiger partial charge in [0, 0.05) is 7.11 Å². The van der Waals surface area contributed by atoms with E-state index in [1.165, 1.54) is 0 Å². The summed E-state index contributed by atoms with van der Waals surface area (Å²) in [6, 6.07) is 11.9. The molecule has 0 aliphatic heterocycles. The van der Waals surface area contributed by atoms with Crippen LogP contribution in [0.3, 0.4) is 0 Å². The van der Waals surface area contributed by atoms with Crippen molar-refractivity contribution in [1.29, 1.82) is 0 Å². The first-order chi connectivity index (χ1) is 10.4. The molecule has 0 saturated heterocycles. The van der Waals surface area contributed by atoms with Gasteiger partial charge in [-0.05, 0) is 54.8 Å². The highest BCUT2D eigenvalue weighted by Gasteiger charge is 2.19. The third kappa shape index (κ3) is 3.47. The normalized spacial score (nSPS) is 13.1. The zero-order valence-corrected chi connectivity index (χ0v) is 14.0. The van der Waals surface area contributed by atoms with E-state index in [0.29, 0.717) is 5.75 Å². The third-order valence-electron chi connectivity index (χ3n) is 4.25. The van der Waals surface area contributed by atoms with E-state index < -0.39 is 0 Å². The summed E-state index contributed by atoms with van der Waals surface area (Å²) < 4.78 is 10.9. The van der Waals surface area contributed by atoms with Gasteiger partial charge in [0.1, 0.15) is 5.75 Å². The van der Waals surface area contributed by atoms with Crippen LogP contribution in [-0.4, -0.2) is 13.1 Å². The van der Waals surface area contributed by atoms with Crippen molar-refractivity contribution in [2.75, 3.05) is 7.11 Å². The van der Waals surface area contributed by atoms with Gasteiger partial charge < -0.3 is 9.47 Å². The van der Waals surface area contributed by atoms with E-state index >= 15 is 0 Å². The maximum absolute atomic E-state index is 11.9. The van der Waals surface area contributed by atoms with Crippen LogP contribution >= 0.6 is 0 Å². The summed E-state index contributed by atoms with van der Waals surface area (Å²) in [7, 11) is 1.71. The average molecular weight is 300 g/mol. The molecule has 0 saturated carbocycles. The van der Waals surface area contributed by atoms with E-state index in [2.05, 4.69) is 6.07 Å². The van der Waals surface area contributed by atoms with Gasteiger partial charge >= 0.3 is 5.97 Å². The predicted octanol–water partition coefficient (Wildman–Crippen LogP) is 4.67. The van der Waals surface area contributed by atoms with Crippen molar-refractivity contribution in [3.63, 3.8) is 0 Å². The molecule has 0 N–H and O–H groups in total. The standard InChI is InChI=1S/C19H24O3/c1-6-13(2)18(20)22-17-10-8-14-11-16(19(3,4)21-5)9-7-15(14)12-17/h7-13H,6H2,1-5H3. The Kier molecular flexibility index (Phi) is 4.87. The lowest BCUT2D eigenvalue weighted by atomic mass is 9.95. The Balaban J connectivity index is 2.29. The summed E-state index contributed by atoms with van der Waals surface area (Å²) >= 11 is 0. The summed E-state index contributed by atoms with van der Waals surface area (Å²) in [5, 5.41) is 2.15. The molecule has 0 heterocycles. The first kappa shape index (κ1) is 16.5. The number of hydrogen-bond acceptors (Lipinski definition) is 3. The SMILES string of the molecule is CCC(C)C(=O)Oc1ccc2cc(C(C)(C)OC)ccc2c1. The molecule has 1 unspecified atom stereocenters. The first-order valence-corrected chi connectivity index (χ1v) is 7.68. The zero-order chi connectivity index (χ0) is 16.3. The van der Waals surface area contributed by atoms with Crippen molar-refractivity contribution in [2.45, 2.75) is 39.7 Å². The van der Waals surface area contributed by atoms with Crippen LogP contribution in [0.15, 0.2) is 36.4 Å². The number of esters is 1. The van der Waals surface area contributed by atoms with Crippen molar-refractivity contribution in [2.24, 2.45) is 5.92 Å². The number of hydrogen-bond donors (Lipinski definition) is 0. The molecule has 0 spiro atoms. The number of carbonyl (C=O) groups is 1. The second-order valence-corrected chi connectivity index (χ2v) is 6.17. The van der Waals surface area contributed by atoms with Crippen LogP contribution in [0.5, 0.6) is 5.75 Å². The summed E-state index contributed by atoms with van der Waals surface area (Å²) in [6.07, 6.45) is 0.780. The Bertz CT molecular complexity index is 673. The topological polar surface area (TPSA) is 35.5 Å².